The van der Waals surface area contributed by atoms with Crippen molar-refractivity contribution in [2.24, 2.45) is 0 Å². The molecule has 0 unspecified atom stereocenters. The van der Waals surface area contributed by atoms with E-state index in [2.05, 4.69) is 201 Å². The van der Waals surface area contributed by atoms with E-state index >= 15 is 0 Å². The fourth-order valence-corrected chi connectivity index (χ4v) is 8.68. The Morgan fingerprint density at radius 1 is 0.377 bits per heavy atom. The van der Waals surface area contributed by atoms with Gasteiger partial charge in [0.05, 0.1) is 17.1 Å². The van der Waals surface area contributed by atoms with Crippen molar-refractivity contribution in [2.45, 2.75) is 19.3 Å². The summed E-state index contributed by atoms with van der Waals surface area (Å²) in [5.74, 6) is 0. The molecule has 1 aliphatic carbocycles. The minimum atomic E-state index is -0.219. The van der Waals surface area contributed by atoms with E-state index in [0.29, 0.717) is 0 Å². The van der Waals surface area contributed by atoms with Gasteiger partial charge in [0.1, 0.15) is 11.2 Å². The smallest absolute Gasteiger partial charge is 0.136 e. The van der Waals surface area contributed by atoms with Crippen LogP contribution in [0.15, 0.2) is 192 Å². The molecule has 9 aromatic rings. The number of furan rings is 1. The second-order valence-corrected chi connectivity index (χ2v) is 14.5. The Labute approximate surface area is 310 Å². The van der Waals surface area contributed by atoms with Crippen LogP contribution in [0.3, 0.4) is 0 Å². The van der Waals surface area contributed by atoms with Gasteiger partial charge in [-0.2, -0.15) is 0 Å². The van der Waals surface area contributed by atoms with Crippen molar-refractivity contribution in [3.05, 3.63) is 199 Å². The molecule has 0 spiro atoms. The summed E-state index contributed by atoms with van der Waals surface area (Å²) in [5.41, 5.74) is 17.3. The SMILES string of the molecule is CC1(C)c2ccccc2-c2cccc(N(c3ccccc3-c3ccc(-c4ccccc4)cc3)c3ccccc3-c3cccc4oc5ccccc5c34)c21. The quantitative estimate of drug-likeness (QED) is 0.174. The average molecular weight is 680 g/mol. The lowest BCUT2D eigenvalue weighted by Gasteiger charge is -2.34. The van der Waals surface area contributed by atoms with Gasteiger partial charge in [0.25, 0.3) is 0 Å². The summed E-state index contributed by atoms with van der Waals surface area (Å²) in [6.45, 7) is 4.75. The van der Waals surface area contributed by atoms with Crippen molar-refractivity contribution < 1.29 is 4.42 Å². The van der Waals surface area contributed by atoms with Crippen molar-refractivity contribution in [2.75, 3.05) is 4.90 Å². The largest absolute Gasteiger partial charge is 0.456 e. The summed E-state index contributed by atoms with van der Waals surface area (Å²) in [7, 11) is 0. The van der Waals surface area contributed by atoms with E-state index in [1.807, 2.05) is 6.07 Å². The lowest BCUT2D eigenvalue weighted by molar-refractivity contribution is 0.661. The zero-order valence-corrected chi connectivity index (χ0v) is 29.8. The fraction of sp³-hybridized carbons (Fsp3) is 0.0588. The lowest BCUT2D eigenvalue weighted by Crippen LogP contribution is -2.21. The van der Waals surface area contributed by atoms with Crippen LogP contribution in [-0.2, 0) is 5.41 Å². The predicted molar refractivity (Wildman–Crippen MR) is 222 cm³/mol. The third-order valence-corrected chi connectivity index (χ3v) is 11.1. The van der Waals surface area contributed by atoms with E-state index in [9.17, 15) is 0 Å². The van der Waals surface area contributed by atoms with Gasteiger partial charge >= 0.3 is 0 Å². The normalized spacial score (nSPS) is 12.9. The Hall–Kier alpha value is -6.64. The number of hydrogen-bond donors (Lipinski definition) is 0. The fourth-order valence-electron chi connectivity index (χ4n) is 8.68. The number of nitrogens with zero attached hydrogens (tertiary/aromatic N) is 1. The number of hydrogen-bond acceptors (Lipinski definition) is 2. The highest BCUT2D eigenvalue weighted by Crippen LogP contribution is 2.56. The molecule has 1 aliphatic rings. The second kappa shape index (κ2) is 12.3. The first-order valence-corrected chi connectivity index (χ1v) is 18.4. The zero-order valence-electron chi connectivity index (χ0n) is 29.8. The maximum absolute atomic E-state index is 6.41. The van der Waals surface area contributed by atoms with Crippen LogP contribution < -0.4 is 4.90 Å². The molecule has 1 heterocycles. The van der Waals surface area contributed by atoms with Gasteiger partial charge in [0.15, 0.2) is 0 Å². The van der Waals surface area contributed by atoms with Crippen molar-refractivity contribution in [3.63, 3.8) is 0 Å². The minimum Gasteiger partial charge on any atom is -0.456 e. The molecule has 0 atom stereocenters. The summed E-state index contributed by atoms with van der Waals surface area (Å²) < 4.78 is 6.41. The van der Waals surface area contributed by atoms with Gasteiger partial charge in [0.2, 0.25) is 0 Å². The Morgan fingerprint density at radius 3 is 1.72 bits per heavy atom. The molecule has 10 rings (SSSR count). The molecule has 8 aromatic carbocycles. The minimum absolute atomic E-state index is 0.219. The van der Waals surface area contributed by atoms with Crippen molar-refractivity contribution in [1.82, 2.24) is 0 Å². The molecule has 2 heteroatoms. The Balaban J connectivity index is 1.25. The summed E-state index contributed by atoms with van der Waals surface area (Å²) in [6.07, 6.45) is 0. The molecule has 0 fully saturated rings. The molecule has 0 amide bonds. The van der Waals surface area contributed by atoms with Gasteiger partial charge < -0.3 is 9.32 Å². The maximum Gasteiger partial charge on any atom is 0.136 e. The summed E-state index contributed by atoms with van der Waals surface area (Å²) in [6, 6.07) is 67.9. The van der Waals surface area contributed by atoms with E-state index < -0.39 is 0 Å². The van der Waals surface area contributed by atoms with E-state index in [0.717, 1.165) is 44.4 Å². The zero-order chi connectivity index (χ0) is 35.5. The number of anilines is 3. The van der Waals surface area contributed by atoms with Gasteiger partial charge in [-0.1, -0.05) is 172 Å². The van der Waals surface area contributed by atoms with Crippen LogP contribution in [0.2, 0.25) is 0 Å². The molecule has 252 valence electrons. The van der Waals surface area contributed by atoms with Crippen LogP contribution in [0.1, 0.15) is 25.0 Å². The number of benzene rings is 8. The maximum atomic E-state index is 6.41. The molecule has 0 bridgehead atoms. The number of para-hydroxylation sites is 3. The van der Waals surface area contributed by atoms with Gasteiger partial charge in [-0.15, -0.1) is 0 Å². The lowest BCUT2D eigenvalue weighted by atomic mass is 9.81. The van der Waals surface area contributed by atoms with Gasteiger partial charge in [-0.3, -0.25) is 0 Å². The molecule has 0 saturated carbocycles. The Bertz CT molecular complexity index is 2810. The third kappa shape index (κ3) is 4.94. The van der Waals surface area contributed by atoms with Crippen LogP contribution in [0.5, 0.6) is 0 Å². The van der Waals surface area contributed by atoms with E-state index in [-0.39, 0.29) is 5.41 Å². The summed E-state index contributed by atoms with van der Waals surface area (Å²) in [4.78, 5) is 2.52. The molecular formula is C51H37NO. The standard InChI is InChI=1S/C51H37NO/c1-51(2)43-24-10-6-19-38(43)41-23-14-27-46(50(41)51)52(44-25-11-7-18-37(44)36-32-30-35(31-33-36)34-16-4-3-5-17-34)45-26-12-8-20-39(45)40-22-15-29-48-49(40)42-21-9-13-28-47(42)53-48/h3-33H,1-2H3. The molecule has 53 heavy (non-hydrogen) atoms. The van der Waals surface area contributed by atoms with Crippen molar-refractivity contribution >= 4 is 39.0 Å². The summed E-state index contributed by atoms with van der Waals surface area (Å²) in [5, 5.41) is 2.25. The number of fused-ring (bicyclic) bond motifs is 6. The second-order valence-electron chi connectivity index (χ2n) is 14.5. The first kappa shape index (κ1) is 31.1. The van der Waals surface area contributed by atoms with Gasteiger partial charge in [-0.05, 0) is 74.8 Å². The Morgan fingerprint density at radius 2 is 0.906 bits per heavy atom. The van der Waals surface area contributed by atoms with Crippen molar-refractivity contribution in [1.29, 1.82) is 0 Å². The molecule has 2 nitrogen and oxygen atoms in total. The van der Waals surface area contributed by atoms with Gasteiger partial charge in [0, 0.05) is 27.3 Å². The van der Waals surface area contributed by atoms with Crippen LogP contribution in [-0.4, -0.2) is 0 Å². The molecule has 1 aromatic heterocycles. The van der Waals surface area contributed by atoms with E-state index in [4.69, 9.17) is 4.42 Å². The third-order valence-electron chi connectivity index (χ3n) is 11.1. The van der Waals surface area contributed by atoms with Crippen LogP contribution in [0.25, 0.3) is 66.4 Å². The number of rotatable bonds is 6. The monoisotopic (exact) mass is 679 g/mol. The molecule has 0 saturated heterocycles. The Kier molecular flexibility index (Phi) is 7.19. The van der Waals surface area contributed by atoms with Gasteiger partial charge in [-0.25, -0.2) is 0 Å². The first-order valence-electron chi connectivity index (χ1n) is 18.4. The van der Waals surface area contributed by atoms with Crippen LogP contribution >= 0.6 is 0 Å². The highest BCUT2D eigenvalue weighted by molar-refractivity contribution is 6.14. The first-order chi connectivity index (χ1) is 26.1. The van der Waals surface area contributed by atoms with Crippen LogP contribution in [0.4, 0.5) is 17.1 Å². The van der Waals surface area contributed by atoms with E-state index in [1.165, 1.54) is 50.2 Å². The summed E-state index contributed by atoms with van der Waals surface area (Å²) >= 11 is 0. The van der Waals surface area contributed by atoms with E-state index in [1.54, 1.807) is 0 Å². The highest BCUT2D eigenvalue weighted by atomic mass is 16.3. The predicted octanol–water partition coefficient (Wildman–Crippen LogP) is 14.4. The van der Waals surface area contributed by atoms with Crippen molar-refractivity contribution in [3.8, 4) is 44.5 Å². The van der Waals surface area contributed by atoms with Crippen LogP contribution in [0, 0.1) is 0 Å². The molecule has 0 aliphatic heterocycles. The molecule has 0 N–H and O–H groups in total. The molecular weight excluding hydrogens is 643 g/mol. The highest BCUT2D eigenvalue weighted by Gasteiger charge is 2.39. The average Bonchev–Trinajstić information content (AvgIpc) is 3.71. The topological polar surface area (TPSA) is 16.4 Å². The molecule has 0 radical (unpaired) electrons.